The first kappa shape index (κ1) is 17.7. The van der Waals surface area contributed by atoms with Crippen molar-refractivity contribution in [3.8, 4) is 0 Å². The molecule has 8 heteroatoms. The Morgan fingerprint density at radius 2 is 1.39 bits per heavy atom. The third kappa shape index (κ3) is 3.84. The Morgan fingerprint density at radius 3 is 1.78 bits per heavy atom. The summed E-state index contributed by atoms with van der Waals surface area (Å²) in [5.41, 5.74) is -2.61. The molecule has 0 fully saturated rings. The lowest BCUT2D eigenvalue weighted by Crippen LogP contribution is -2.65. The van der Waals surface area contributed by atoms with E-state index >= 15 is 0 Å². The summed E-state index contributed by atoms with van der Waals surface area (Å²) < 4.78 is 0. The normalized spacial score (nSPS) is 22.0. The lowest BCUT2D eigenvalue weighted by atomic mass is 9.80. The SMILES string of the molecule is OCCCC(O)[C@@](O)([C@H](O)CO)[C@H](O)[C@H](O)CO. The lowest BCUT2D eigenvalue weighted by Gasteiger charge is -2.41. The first-order valence-electron chi connectivity index (χ1n) is 5.63. The molecule has 0 aromatic rings. The summed E-state index contributed by atoms with van der Waals surface area (Å²) in [5.74, 6) is 0. The van der Waals surface area contributed by atoms with Crippen molar-refractivity contribution < 1.29 is 40.9 Å². The molecule has 0 saturated carbocycles. The molecule has 5 atom stereocenters. The van der Waals surface area contributed by atoms with Crippen LogP contribution in [-0.2, 0) is 0 Å². The molecule has 8 N–H and O–H groups in total. The van der Waals surface area contributed by atoms with Gasteiger partial charge in [0.05, 0.1) is 19.3 Å². The minimum absolute atomic E-state index is 0.0869. The van der Waals surface area contributed by atoms with E-state index in [2.05, 4.69) is 0 Å². The maximum Gasteiger partial charge on any atom is 0.147 e. The molecule has 0 aromatic carbocycles. The van der Waals surface area contributed by atoms with Gasteiger partial charge in [-0.25, -0.2) is 0 Å². The largest absolute Gasteiger partial charge is 0.396 e. The fourth-order valence-corrected chi connectivity index (χ4v) is 1.69. The van der Waals surface area contributed by atoms with Gasteiger partial charge in [0, 0.05) is 6.61 Å². The minimum Gasteiger partial charge on any atom is -0.396 e. The molecule has 0 bridgehead atoms. The summed E-state index contributed by atoms with van der Waals surface area (Å²) in [7, 11) is 0. The topological polar surface area (TPSA) is 162 Å². The number of hydrogen-bond acceptors (Lipinski definition) is 8. The van der Waals surface area contributed by atoms with E-state index in [1.807, 2.05) is 0 Å². The molecule has 0 saturated heterocycles. The van der Waals surface area contributed by atoms with Crippen LogP contribution in [0.5, 0.6) is 0 Å². The predicted octanol–water partition coefficient (Wildman–Crippen LogP) is -4.08. The van der Waals surface area contributed by atoms with E-state index in [0.717, 1.165) is 0 Å². The van der Waals surface area contributed by atoms with Crippen molar-refractivity contribution in [3.05, 3.63) is 0 Å². The van der Waals surface area contributed by atoms with E-state index in [9.17, 15) is 25.5 Å². The van der Waals surface area contributed by atoms with Gasteiger partial charge in [-0.15, -0.1) is 0 Å². The van der Waals surface area contributed by atoms with Gasteiger partial charge in [0.15, 0.2) is 0 Å². The van der Waals surface area contributed by atoms with Crippen LogP contribution in [0.1, 0.15) is 12.8 Å². The molecule has 110 valence electrons. The Morgan fingerprint density at radius 1 is 0.833 bits per heavy atom. The second kappa shape index (κ2) is 7.97. The summed E-state index contributed by atoms with van der Waals surface area (Å²) >= 11 is 0. The van der Waals surface area contributed by atoms with E-state index in [1.54, 1.807) is 0 Å². The van der Waals surface area contributed by atoms with Crippen LogP contribution < -0.4 is 0 Å². The van der Waals surface area contributed by atoms with Gasteiger partial charge in [-0.2, -0.15) is 0 Å². The highest BCUT2D eigenvalue weighted by Gasteiger charge is 2.50. The van der Waals surface area contributed by atoms with Gasteiger partial charge in [-0.05, 0) is 12.8 Å². The highest BCUT2D eigenvalue weighted by molar-refractivity contribution is 5.01. The molecule has 0 rings (SSSR count). The molecule has 0 aliphatic carbocycles. The average molecular weight is 270 g/mol. The molecular formula is C10H22O8. The Hall–Kier alpha value is -0.320. The fourth-order valence-electron chi connectivity index (χ4n) is 1.69. The zero-order valence-electron chi connectivity index (χ0n) is 9.92. The van der Waals surface area contributed by atoms with E-state index in [0.29, 0.717) is 0 Å². The van der Waals surface area contributed by atoms with Crippen LogP contribution in [0, 0.1) is 0 Å². The Balaban J connectivity index is 5.03. The number of rotatable bonds is 9. The van der Waals surface area contributed by atoms with E-state index < -0.39 is 43.2 Å². The second-order valence-corrected chi connectivity index (χ2v) is 4.16. The summed E-state index contributed by atoms with van der Waals surface area (Å²) in [6.07, 6.45) is -7.54. The van der Waals surface area contributed by atoms with Crippen LogP contribution in [-0.4, -0.2) is 90.7 Å². The van der Waals surface area contributed by atoms with Crippen molar-refractivity contribution in [3.63, 3.8) is 0 Å². The number of aliphatic hydroxyl groups is 8. The molecule has 8 nitrogen and oxygen atoms in total. The van der Waals surface area contributed by atoms with Gasteiger partial charge in [0.1, 0.15) is 23.9 Å². The van der Waals surface area contributed by atoms with Crippen molar-refractivity contribution in [2.24, 2.45) is 0 Å². The van der Waals surface area contributed by atoms with Crippen LogP contribution in [0.2, 0.25) is 0 Å². The highest BCUT2D eigenvalue weighted by Crippen LogP contribution is 2.26. The summed E-state index contributed by atoms with van der Waals surface area (Å²) in [6.45, 7) is -2.13. The zero-order chi connectivity index (χ0) is 14.3. The molecule has 18 heavy (non-hydrogen) atoms. The lowest BCUT2D eigenvalue weighted by molar-refractivity contribution is -0.232. The van der Waals surface area contributed by atoms with Crippen molar-refractivity contribution >= 4 is 0 Å². The first-order chi connectivity index (χ1) is 8.35. The van der Waals surface area contributed by atoms with Crippen LogP contribution in [0.25, 0.3) is 0 Å². The fraction of sp³-hybridized carbons (Fsp3) is 1.00. The molecule has 0 aliphatic rings. The molecule has 0 aliphatic heterocycles. The number of aliphatic hydroxyl groups excluding tert-OH is 7. The average Bonchev–Trinajstić information content (AvgIpc) is 2.40. The van der Waals surface area contributed by atoms with Crippen LogP contribution in [0.4, 0.5) is 0 Å². The molecule has 0 heterocycles. The van der Waals surface area contributed by atoms with Crippen LogP contribution in [0.3, 0.4) is 0 Å². The Kier molecular flexibility index (Phi) is 7.83. The summed E-state index contributed by atoms with van der Waals surface area (Å²) in [5, 5.41) is 74.4. The number of hydrogen-bond donors (Lipinski definition) is 8. The van der Waals surface area contributed by atoms with Gasteiger partial charge in [-0.1, -0.05) is 0 Å². The molecule has 0 spiro atoms. The second-order valence-electron chi connectivity index (χ2n) is 4.16. The van der Waals surface area contributed by atoms with Crippen molar-refractivity contribution in [1.29, 1.82) is 0 Å². The third-order valence-corrected chi connectivity index (χ3v) is 2.90. The van der Waals surface area contributed by atoms with Crippen molar-refractivity contribution in [2.75, 3.05) is 19.8 Å². The molecule has 1 unspecified atom stereocenters. The van der Waals surface area contributed by atoms with Gasteiger partial charge in [-0.3, -0.25) is 0 Å². The summed E-state index contributed by atoms with van der Waals surface area (Å²) in [4.78, 5) is 0. The molecule has 0 aromatic heterocycles. The van der Waals surface area contributed by atoms with Gasteiger partial charge >= 0.3 is 0 Å². The molecule has 0 amide bonds. The maximum atomic E-state index is 10.1. The molecular weight excluding hydrogens is 248 g/mol. The third-order valence-electron chi connectivity index (χ3n) is 2.90. The summed E-state index contributed by atoms with van der Waals surface area (Å²) in [6, 6.07) is 0. The first-order valence-corrected chi connectivity index (χ1v) is 5.63. The quantitative estimate of drug-likeness (QED) is 0.210. The van der Waals surface area contributed by atoms with Crippen LogP contribution >= 0.6 is 0 Å². The van der Waals surface area contributed by atoms with Crippen molar-refractivity contribution in [2.45, 2.75) is 42.9 Å². The van der Waals surface area contributed by atoms with Gasteiger partial charge in [0.2, 0.25) is 0 Å². The van der Waals surface area contributed by atoms with Gasteiger partial charge < -0.3 is 40.9 Å². The Labute approximate surface area is 104 Å². The van der Waals surface area contributed by atoms with E-state index in [4.69, 9.17) is 15.3 Å². The molecule has 0 radical (unpaired) electrons. The maximum absolute atomic E-state index is 10.1. The van der Waals surface area contributed by atoms with E-state index in [-0.39, 0.29) is 19.4 Å². The van der Waals surface area contributed by atoms with Gasteiger partial charge in [0.25, 0.3) is 0 Å². The Bertz CT molecular complexity index is 226. The monoisotopic (exact) mass is 270 g/mol. The minimum atomic E-state index is -2.61. The van der Waals surface area contributed by atoms with E-state index in [1.165, 1.54) is 0 Å². The predicted molar refractivity (Wildman–Crippen MR) is 59.5 cm³/mol. The smallest absolute Gasteiger partial charge is 0.147 e. The highest BCUT2D eigenvalue weighted by atomic mass is 16.4. The van der Waals surface area contributed by atoms with Crippen molar-refractivity contribution in [1.82, 2.24) is 0 Å². The standard InChI is InChI=1S/C10H22O8/c11-3-1-2-7(15)10(18,8(16)5-13)9(17)6(14)4-12/h6-9,11-18H,1-5H2/t6-,7?,8-,9-,10-/m1/s1. The zero-order valence-corrected chi connectivity index (χ0v) is 9.92. The van der Waals surface area contributed by atoms with Crippen LogP contribution in [0.15, 0.2) is 0 Å².